The molecule has 0 bridgehead atoms. The summed E-state index contributed by atoms with van der Waals surface area (Å²) in [4.78, 5) is 25.1. The van der Waals surface area contributed by atoms with Crippen LogP contribution in [-0.4, -0.2) is 40.0 Å². The predicted octanol–water partition coefficient (Wildman–Crippen LogP) is 1.89. The van der Waals surface area contributed by atoms with Gasteiger partial charge in [0, 0.05) is 6.54 Å². The van der Waals surface area contributed by atoms with Crippen LogP contribution >= 0.6 is 0 Å². The number of nitrogens with zero attached hydrogens (tertiary/aromatic N) is 3. The molecular formula is C17H22N4O3. The molecule has 1 aromatic heterocycles. The summed E-state index contributed by atoms with van der Waals surface area (Å²) in [5.74, 6) is -0.477. The Kier molecular flexibility index (Phi) is 6.06. The molecule has 0 fully saturated rings. The molecule has 24 heavy (non-hydrogen) atoms. The summed E-state index contributed by atoms with van der Waals surface area (Å²) in [5.41, 5.74) is 1.30. The average molecular weight is 330 g/mol. The zero-order valence-electron chi connectivity index (χ0n) is 14.2. The van der Waals surface area contributed by atoms with Gasteiger partial charge in [0.05, 0.1) is 11.4 Å². The van der Waals surface area contributed by atoms with Gasteiger partial charge in [0.15, 0.2) is 12.3 Å². The molecule has 0 spiro atoms. The molecule has 2 aromatic rings. The molecule has 1 N–H and O–H groups in total. The zero-order valence-corrected chi connectivity index (χ0v) is 14.2. The van der Waals surface area contributed by atoms with Gasteiger partial charge in [-0.1, -0.05) is 32.0 Å². The first-order valence-electron chi connectivity index (χ1n) is 7.90. The minimum Gasteiger partial charge on any atom is -0.451 e. The molecule has 0 aliphatic heterocycles. The first-order chi connectivity index (χ1) is 11.5. The fraction of sp³-hybridized carbons (Fsp3) is 0.412. The van der Waals surface area contributed by atoms with Crippen molar-refractivity contribution < 1.29 is 14.3 Å². The lowest BCUT2D eigenvalue weighted by Crippen LogP contribution is -2.30. The first kappa shape index (κ1) is 17.7. The Bertz CT molecular complexity index is 695. The van der Waals surface area contributed by atoms with E-state index in [4.69, 9.17) is 4.74 Å². The molecule has 0 aliphatic carbocycles. The largest absolute Gasteiger partial charge is 0.451 e. The Labute approximate surface area is 141 Å². The smallest absolute Gasteiger partial charge is 0.361 e. The number of nitrogens with one attached hydrogen (secondary N) is 1. The summed E-state index contributed by atoms with van der Waals surface area (Å²) in [5, 5.41) is 11.1. The fourth-order valence-corrected chi connectivity index (χ4v) is 1.99. The average Bonchev–Trinajstić information content (AvgIpc) is 2.95. The highest BCUT2D eigenvalue weighted by atomic mass is 16.5. The molecule has 0 aliphatic rings. The van der Waals surface area contributed by atoms with Crippen LogP contribution in [-0.2, 0) is 9.53 Å². The van der Waals surface area contributed by atoms with E-state index in [0.29, 0.717) is 18.2 Å². The summed E-state index contributed by atoms with van der Waals surface area (Å²) in [6.45, 7) is 6.06. The number of aromatic nitrogens is 3. The fourth-order valence-electron chi connectivity index (χ4n) is 1.99. The molecule has 0 radical (unpaired) electrons. The van der Waals surface area contributed by atoms with Crippen LogP contribution in [0.2, 0.25) is 0 Å². The maximum atomic E-state index is 12.1. The number of carbonyl (C=O) groups is 2. The van der Waals surface area contributed by atoms with Gasteiger partial charge in [-0.25, -0.2) is 4.79 Å². The third-order valence-corrected chi connectivity index (χ3v) is 3.34. The normalized spacial score (nSPS) is 10.7. The Morgan fingerprint density at radius 2 is 1.92 bits per heavy atom. The lowest BCUT2D eigenvalue weighted by atomic mass is 10.1. The Balaban J connectivity index is 1.91. The molecule has 2 rings (SSSR count). The highest BCUT2D eigenvalue weighted by Gasteiger charge is 2.18. The van der Waals surface area contributed by atoms with Crippen molar-refractivity contribution in [2.45, 2.75) is 27.2 Å². The predicted molar refractivity (Wildman–Crippen MR) is 88.8 cm³/mol. The van der Waals surface area contributed by atoms with E-state index in [1.807, 2.05) is 30.3 Å². The standard InChI is InChI=1S/C17H22N4O3/c1-12(2)9-10-18-15(22)11-24-17(23)16-13(3)19-21(20-16)14-7-5-4-6-8-14/h4-8,12H,9-11H2,1-3H3,(H,18,22). The van der Waals surface area contributed by atoms with Gasteiger partial charge in [-0.3, -0.25) is 4.79 Å². The minimum atomic E-state index is -0.659. The summed E-state index contributed by atoms with van der Waals surface area (Å²) in [6, 6.07) is 9.25. The highest BCUT2D eigenvalue weighted by molar-refractivity contribution is 5.90. The Morgan fingerprint density at radius 1 is 1.21 bits per heavy atom. The van der Waals surface area contributed by atoms with Crippen molar-refractivity contribution >= 4 is 11.9 Å². The molecule has 7 nitrogen and oxygen atoms in total. The molecule has 0 atom stereocenters. The Morgan fingerprint density at radius 3 is 2.58 bits per heavy atom. The molecule has 1 aromatic carbocycles. The van der Waals surface area contributed by atoms with Crippen molar-refractivity contribution in [2.24, 2.45) is 5.92 Å². The number of amides is 1. The summed E-state index contributed by atoms with van der Waals surface area (Å²) in [6.07, 6.45) is 0.879. The molecule has 7 heteroatoms. The van der Waals surface area contributed by atoms with Crippen LogP contribution in [0.4, 0.5) is 0 Å². The van der Waals surface area contributed by atoms with Crippen LogP contribution < -0.4 is 5.32 Å². The van der Waals surface area contributed by atoms with Gasteiger partial charge >= 0.3 is 5.97 Å². The van der Waals surface area contributed by atoms with E-state index in [1.165, 1.54) is 4.80 Å². The number of hydrogen-bond donors (Lipinski definition) is 1. The van der Waals surface area contributed by atoms with Gasteiger partial charge in [-0.05, 0) is 31.4 Å². The van der Waals surface area contributed by atoms with E-state index in [1.54, 1.807) is 6.92 Å². The van der Waals surface area contributed by atoms with Crippen LogP contribution in [0.1, 0.15) is 36.5 Å². The topological polar surface area (TPSA) is 86.1 Å². The maximum absolute atomic E-state index is 12.1. The van der Waals surface area contributed by atoms with E-state index in [9.17, 15) is 9.59 Å². The molecule has 0 unspecified atom stereocenters. The summed E-state index contributed by atoms with van der Waals surface area (Å²) >= 11 is 0. The van der Waals surface area contributed by atoms with Gasteiger partial charge in [0.25, 0.3) is 5.91 Å². The Hall–Kier alpha value is -2.70. The summed E-state index contributed by atoms with van der Waals surface area (Å²) in [7, 11) is 0. The lowest BCUT2D eigenvalue weighted by molar-refractivity contribution is -0.124. The van der Waals surface area contributed by atoms with Crippen molar-refractivity contribution in [2.75, 3.05) is 13.2 Å². The number of rotatable bonds is 7. The molecule has 1 amide bonds. The van der Waals surface area contributed by atoms with Gasteiger partial charge in [0.2, 0.25) is 0 Å². The van der Waals surface area contributed by atoms with Crippen molar-refractivity contribution in [3.05, 3.63) is 41.7 Å². The van der Waals surface area contributed by atoms with Gasteiger partial charge in [-0.2, -0.15) is 9.90 Å². The van der Waals surface area contributed by atoms with Crippen LogP contribution in [0.3, 0.4) is 0 Å². The van der Waals surface area contributed by atoms with E-state index < -0.39 is 5.97 Å². The van der Waals surface area contributed by atoms with Gasteiger partial charge < -0.3 is 10.1 Å². The molecule has 128 valence electrons. The molecule has 1 heterocycles. The van der Waals surface area contributed by atoms with Crippen LogP contribution in [0, 0.1) is 12.8 Å². The summed E-state index contributed by atoms with van der Waals surface area (Å²) < 4.78 is 5.01. The van der Waals surface area contributed by atoms with Crippen molar-refractivity contribution in [3.8, 4) is 5.69 Å². The van der Waals surface area contributed by atoms with Gasteiger partial charge in [-0.15, -0.1) is 5.10 Å². The van der Waals surface area contributed by atoms with Crippen molar-refractivity contribution in [3.63, 3.8) is 0 Å². The number of esters is 1. The second-order valence-corrected chi connectivity index (χ2v) is 5.87. The minimum absolute atomic E-state index is 0.105. The number of hydrogen-bond acceptors (Lipinski definition) is 5. The van der Waals surface area contributed by atoms with Crippen molar-refractivity contribution in [1.29, 1.82) is 0 Å². The third-order valence-electron chi connectivity index (χ3n) is 3.34. The molecular weight excluding hydrogens is 308 g/mol. The van der Waals surface area contributed by atoms with E-state index >= 15 is 0 Å². The van der Waals surface area contributed by atoms with Gasteiger partial charge in [0.1, 0.15) is 0 Å². The maximum Gasteiger partial charge on any atom is 0.361 e. The van der Waals surface area contributed by atoms with Crippen LogP contribution in [0.15, 0.2) is 30.3 Å². The number of aryl methyl sites for hydroxylation is 1. The second kappa shape index (κ2) is 8.24. The van der Waals surface area contributed by atoms with E-state index in [2.05, 4.69) is 29.4 Å². The second-order valence-electron chi connectivity index (χ2n) is 5.87. The number of benzene rings is 1. The third kappa shape index (κ3) is 4.91. The SMILES string of the molecule is Cc1nn(-c2ccccc2)nc1C(=O)OCC(=O)NCCC(C)C. The highest BCUT2D eigenvalue weighted by Crippen LogP contribution is 2.09. The number of carbonyl (C=O) groups excluding carboxylic acids is 2. The van der Waals surface area contributed by atoms with Crippen LogP contribution in [0.5, 0.6) is 0 Å². The first-order valence-corrected chi connectivity index (χ1v) is 7.90. The van der Waals surface area contributed by atoms with Crippen molar-refractivity contribution in [1.82, 2.24) is 20.3 Å². The monoisotopic (exact) mass is 330 g/mol. The van der Waals surface area contributed by atoms with E-state index in [-0.39, 0.29) is 18.2 Å². The number of para-hydroxylation sites is 1. The zero-order chi connectivity index (χ0) is 17.5. The quantitative estimate of drug-likeness (QED) is 0.784. The molecule has 0 saturated carbocycles. The lowest BCUT2D eigenvalue weighted by Gasteiger charge is -2.07. The van der Waals surface area contributed by atoms with Crippen LogP contribution in [0.25, 0.3) is 5.69 Å². The number of ether oxygens (including phenoxy) is 1. The molecule has 0 saturated heterocycles. The van der Waals surface area contributed by atoms with E-state index in [0.717, 1.165) is 12.1 Å².